The van der Waals surface area contributed by atoms with Crippen LogP contribution in [0.4, 0.5) is 10.1 Å². The quantitative estimate of drug-likeness (QED) is 0.908. The topological polar surface area (TPSA) is 58.6 Å². The van der Waals surface area contributed by atoms with Crippen LogP contribution in [0.25, 0.3) is 0 Å². The van der Waals surface area contributed by atoms with Gasteiger partial charge in [-0.3, -0.25) is 9.59 Å². The van der Waals surface area contributed by atoms with Crippen molar-refractivity contribution >= 4 is 17.5 Å². The molecule has 25 heavy (non-hydrogen) atoms. The molecule has 0 fully saturated rings. The molecule has 0 aliphatic carbocycles. The minimum atomic E-state index is -0.365. The lowest BCUT2D eigenvalue weighted by Crippen LogP contribution is -2.39. The molecule has 0 saturated heterocycles. The number of carbonyl (C=O) groups excluding carboxylic acids is 2. The van der Waals surface area contributed by atoms with Crippen LogP contribution in [0.15, 0.2) is 42.5 Å². The predicted octanol–water partition coefficient (Wildman–Crippen LogP) is 2.54. The SMILES string of the molecule is CCOc1ccccc1C(=O)NCC(=O)N1CCc2cc(F)ccc21. The van der Waals surface area contributed by atoms with E-state index in [1.165, 1.54) is 12.1 Å². The van der Waals surface area contributed by atoms with E-state index in [4.69, 9.17) is 4.74 Å². The summed E-state index contributed by atoms with van der Waals surface area (Å²) in [6.07, 6.45) is 0.611. The minimum absolute atomic E-state index is 0.129. The molecular formula is C19H19FN2O3. The molecule has 1 heterocycles. The van der Waals surface area contributed by atoms with Gasteiger partial charge in [0.2, 0.25) is 5.91 Å². The zero-order valence-electron chi connectivity index (χ0n) is 13.9. The monoisotopic (exact) mass is 342 g/mol. The Morgan fingerprint density at radius 3 is 2.84 bits per heavy atom. The Balaban J connectivity index is 1.65. The van der Waals surface area contributed by atoms with Gasteiger partial charge in [0.15, 0.2) is 0 Å². The number of nitrogens with one attached hydrogen (secondary N) is 1. The van der Waals surface area contributed by atoms with Gasteiger partial charge in [0.1, 0.15) is 11.6 Å². The molecule has 2 amide bonds. The van der Waals surface area contributed by atoms with E-state index in [2.05, 4.69) is 5.32 Å². The molecule has 2 aromatic rings. The second-order valence-corrected chi connectivity index (χ2v) is 5.68. The van der Waals surface area contributed by atoms with E-state index in [-0.39, 0.29) is 24.2 Å². The molecule has 1 aliphatic rings. The normalized spacial score (nSPS) is 12.6. The summed E-state index contributed by atoms with van der Waals surface area (Å²) >= 11 is 0. The van der Waals surface area contributed by atoms with Crippen molar-refractivity contribution < 1.29 is 18.7 Å². The highest BCUT2D eigenvalue weighted by molar-refractivity contribution is 6.02. The summed E-state index contributed by atoms with van der Waals surface area (Å²) in [7, 11) is 0. The first-order valence-electron chi connectivity index (χ1n) is 8.19. The Morgan fingerprint density at radius 1 is 1.24 bits per heavy atom. The molecular weight excluding hydrogens is 323 g/mol. The van der Waals surface area contributed by atoms with Crippen molar-refractivity contribution in [3.8, 4) is 5.75 Å². The molecule has 0 bridgehead atoms. The summed E-state index contributed by atoms with van der Waals surface area (Å²) in [5.74, 6) is -0.422. The van der Waals surface area contributed by atoms with Crippen LogP contribution in [0.2, 0.25) is 0 Å². The molecule has 130 valence electrons. The highest BCUT2D eigenvalue weighted by atomic mass is 19.1. The number of halogens is 1. The van der Waals surface area contributed by atoms with E-state index in [1.807, 2.05) is 6.92 Å². The van der Waals surface area contributed by atoms with Crippen molar-refractivity contribution in [2.45, 2.75) is 13.3 Å². The van der Waals surface area contributed by atoms with Crippen LogP contribution in [0, 0.1) is 5.82 Å². The number of amides is 2. The first-order valence-corrected chi connectivity index (χ1v) is 8.19. The van der Waals surface area contributed by atoms with Crippen molar-refractivity contribution in [1.82, 2.24) is 5.32 Å². The fourth-order valence-corrected chi connectivity index (χ4v) is 2.91. The van der Waals surface area contributed by atoms with E-state index in [0.717, 1.165) is 5.56 Å². The molecule has 0 radical (unpaired) electrons. The number of rotatable bonds is 5. The highest BCUT2D eigenvalue weighted by Gasteiger charge is 2.25. The number of nitrogens with zero attached hydrogens (tertiary/aromatic N) is 1. The summed E-state index contributed by atoms with van der Waals surface area (Å²) in [5.41, 5.74) is 1.90. The summed E-state index contributed by atoms with van der Waals surface area (Å²) in [6.45, 7) is 2.65. The molecule has 5 nitrogen and oxygen atoms in total. The zero-order valence-corrected chi connectivity index (χ0v) is 13.9. The molecule has 0 aromatic heterocycles. The van der Waals surface area contributed by atoms with Gasteiger partial charge in [-0.1, -0.05) is 12.1 Å². The van der Waals surface area contributed by atoms with Crippen LogP contribution < -0.4 is 15.0 Å². The maximum Gasteiger partial charge on any atom is 0.255 e. The van der Waals surface area contributed by atoms with Crippen molar-refractivity contribution in [1.29, 1.82) is 0 Å². The van der Waals surface area contributed by atoms with Crippen LogP contribution >= 0.6 is 0 Å². The summed E-state index contributed by atoms with van der Waals surface area (Å²) in [6, 6.07) is 11.3. The van der Waals surface area contributed by atoms with Gasteiger partial charge in [-0.05, 0) is 49.2 Å². The predicted molar refractivity (Wildman–Crippen MR) is 92.4 cm³/mol. The third-order valence-corrected chi connectivity index (χ3v) is 4.07. The smallest absolute Gasteiger partial charge is 0.255 e. The van der Waals surface area contributed by atoms with Gasteiger partial charge in [-0.2, -0.15) is 0 Å². The molecule has 0 saturated carbocycles. The molecule has 1 N–H and O–H groups in total. The maximum atomic E-state index is 13.3. The van der Waals surface area contributed by atoms with E-state index in [0.29, 0.717) is 36.6 Å². The number of fused-ring (bicyclic) bond motifs is 1. The van der Waals surface area contributed by atoms with Gasteiger partial charge < -0.3 is 15.0 Å². The van der Waals surface area contributed by atoms with Crippen molar-refractivity contribution in [3.63, 3.8) is 0 Å². The van der Waals surface area contributed by atoms with Gasteiger partial charge in [0.05, 0.1) is 18.7 Å². The van der Waals surface area contributed by atoms with Crippen LogP contribution in [-0.2, 0) is 11.2 Å². The Labute approximate surface area is 145 Å². The van der Waals surface area contributed by atoms with Crippen LogP contribution in [0.1, 0.15) is 22.8 Å². The average molecular weight is 342 g/mol. The lowest BCUT2D eigenvalue weighted by molar-refractivity contribution is -0.117. The Morgan fingerprint density at radius 2 is 2.04 bits per heavy atom. The van der Waals surface area contributed by atoms with Gasteiger partial charge in [0, 0.05) is 12.2 Å². The average Bonchev–Trinajstić information content (AvgIpc) is 3.03. The Kier molecular flexibility index (Phi) is 4.97. The van der Waals surface area contributed by atoms with Crippen LogP contribution in [0.3, 0.4) is 0 Å². The zero-order chi connectivity index (χ0) is 17.8. The molecule has 1 aliphatic heterocycles. The fraction of sp³-hybridized carbons (Fsp3) is 0.263. The number of benzene rings is 2. The molecule has 0 spiro atoms. The first-order chi connectivity index (χ1) is 12.1. The Hall–Kier alpha value is -2.89. The lowest BCUT2D eigenvalue weighted by Gasteiger charge is -2.18. The van der Waals surface area contributed by atoms with Gasteiger partial charge in [-0.15, -0.1) is 0 Å². The third-order valence-electron chi connectivity index (χ3n) is 4.07. The van der Waals surface area contributed by atoms with Crippen molar-refractivity contribution in [2.24, 2.45) is 0 Å². The van der Waals surface area contributed by atoms with Crippen molar-refractivity contribution in [2.75, 3.05) is 24.6 Å². The van der Waals surface area contributed by atoms with E-state index >= 15 is 0 Å². The summed E-state index contributed by atoms with van der Waals surface area (Å²) in [4.78, 5) is 26.3. The van der Waals surface area contributed by atoms with E-state index < -0.39 is 0 Å². The Bertz CT molecular complexity index is 807. The number of hydrogen-bond donors (Lipinski definition) is 1. The second-order valence-electron chi connectivity index (χ2n) is 5.68. The van der Waals surface area contributed by atoms with E-state index in [1.54, 1.807) is 35.2 Å². The summed E-state index contributed by atoms with van der Waals surface area (Å²) < 4.78 is 18.7. The maximum absolute atomic E-state index is 13.3. The molecule has 0 atom stereocenters. The summed E-state index contributed by atoms with van der Waals surface area (Å²) in [5, 5.41) is 2.63. The highest BCUT2D eigenvalue weighted by Crippen LogP contribution is 2.28. The van der Waals surface area contributed by atoms with Gasteiger partial charge >= 0.3 is 0 Å². The fourth-order valence-electron chi connectivity index (χ4n) is 2.91. The third kappa shape index (κ3) is 3.63. The first kappa shape index (κ1) is 17.0. The molecule has 2 aromatic carbocycles. The molecule has 0 unspecified atom stereocenters. The molecule has 6 heteroatoms. The largest absolute Gasteiger partial charge is 0.493 e. The van der Waals surface area contributed by atoms with E-state index in [9.17, 15) is 14.0 Å². The molecule has 3 rings (SSSR count). The van der Waals surface area contributed by atoms with Gasteiger partial charge in [0.25, 0.3) is 5.91 Å². The van der Waals surface area contributed by atoms with Crippen molar-refractivity contribution in [3.05, 3.63) is 59.4 Å². The number of ether oxygens (including phenoxy) is 1. The number of anilines is 1. The van der Waals surface area contributed by atoms with Gasteiger partial charge in [-0.25, -0.2) is 4.39 Å². The standard InChI is InChI=1S/C19H19FN2O3/c1-2-25-17-6-4-3-5-15(17)19(24)21-12-18(23)22-10-9-13-11-14(20)7-8-16(13)22/h3-8,11H,2,9-10,12H2,1H3,(H,21,24). The second kappa shape index (κ2) is 7.34. The lowest BCUT2D eigenvalue weighted by atomic mass is 10.1. The number of para-hydroxylation sites is 1. The van der Waals surface area contributed by atoms with Crippen LogP contribution in [-0.4, -0.2) is 31.5 Å². The minimum Gasteiger partial charge on any atom is -0.493 e. The number of hydrogen-bond acceptors (Lipinski definition) is 3. The van der Waals surface area contributed by atoms with Crippen LogP contribution in [0.5, 0.6) is 5.75 Å². The number of carbonyl (C=O) groups is 2.